The van der Waals surface area contributed by atoms with Crippen molar-refractivity contribution in [1.29, 1.82) is 0 Å². The summed E-state index contributed by atoms with van der Waals surface area (Å²) in [5.74, 6) is 0. The molecule has 0 aliphatic rings. The maximum absolute atomic E-state index is 4.61. The van der Waals surface area contributed by atoms with Crippen LogP contribution in [0.25, 0.3) is 0 Å². The molecule has 1 heterocycles. The lowest BCUT2D eigenvalue weighted by Gasteiger charge is -2.18. The van der Waals surface area contributed by atoms with Gasteiger partial charge in [-0.3, -0.25) is 4.68 Å². The second-order valence-corrected chi connectivity index (χ2v) is 7.49. The Kier molecular flexibility index (Phi) is 4.42. The summed E-state index contributed by atoms with van der Waals surface area (Å²) in [5, 5.41) is 8.13. The average Bonchev–Trinajstić information content (AvgIpc) is 2.69. The van der Waals surface area contributed by atoms with Gasteiger partial charge in [0.1, 0.15) is 0 Å². The van der Waals surface area contributed by atoms with Crippen molar-refractivity contribution >= 4 is 28.3 Å². The molecule has 1 aromatic heterocycles. The van der Waals surface area contributed by atoms with Crippen LogP contribution in [0.5, 0.6) is 0 Å². The van der Waals surface area contributed by atoms with E-state index in [1.54, 1.807) is 0 Å². The number of hydrogen-bond acceptors (Lipinski definition) is 2. The predicted octanol–water partition coefficient (Wildman–Crippen LogP) is 4.24. The van der Waals surface area contributed by atoms with Crippen LogP contribution in [0.2, 0.25) is 0 Å². The first kappa shape index (κ1) is 15.4. The Labute approximate surface area is 134 Å². The molecule has 108 valence electrons. The van der Waals surface area contributed by atoms with Crippen LogP contribution in [0, 0.1) is 10.5 Å². The minimum atomic E-state index is 0.0688. The second kappa shape index (κ2) is 5.76. The SMILES string of the molecule is Cc1cc(I)ccc1NCc1cn(C)nc1C(C)(C)C. The third-order valence-corrected chi connectivity index (χ3v) is 3.94. The van der Waals surface area contributed by atoms with Crippen molar-refractivity contribution in [3.8, 4) is 0 Å². The Bertz CT molecular complexity index is 609. The molecule has 0 spiro atoms. The Morgan fingerprint density at radius 1 is 1.30 bits per heavy atom. The van der Waals surface area contributed by atoms with Crippen molar-refractivity contribution in [1.82, 2.24) is 9.78 Å². The maximum Gasteiger partial charge on any atom is 0.0727 e. The highest BCUT2D eigenvalue weighted by molar-refractivity contribution is 14.1. The first-order valence-electron chi connectivity index (χ1n) is 6.80. The van der Waals surface area contributed by atoms with E-state index in [0.29, 0.717) is 0 Å². The van der Waals surface area contributed by atoms with E-state index in [9.17, 15) is 0 Å². The normalized spacial score (nSPS) is 11.7. The molecule has 0 fully saturated rings. The Morgan fingerprint density at radius 3 is 2.60 bits per heavy atom. The summed E-state index contributed by atoms with van der Waals surface area (Å²) in [6.07, 6.45) is 2.11. The zero-order chi connectivity index (χ0) is 14.9. The molecule has 0 radical (unpaired) electrons. The van der Waals surface area contributed by atoms with Gasteiger partial charge in [-0.05, 0) is 53.3 Å². The lowest BCUT2D eigenvalue weighted by atomic mass is 9.89. The van der Waals surface area contributed by atoms with E-state index in [1.165, 1.54) is 20.4 Å². The van der Waals surface area contributed by atoms with E-state index in [0.717, 1.165) is 12.2 Å². The van der Waals surface area contributed by atoms with E-state index < -0.39 is 0 Å². The van der Waals surface area contributed by atoms with Gasteiger partial charge in [-0.25, -0.2) is 0 Å². The molecule has 0 saturated heterocycles. The van der Waals surface area contributed by atoms with Gasteiger partial charge < -0.3 is 5.32 Å². The zero-order valence-corrected chi connectivity index (χ0v) is 14.9. The molecule has 3 nitrogen and oxygen atoms in total. The summed E-state index contributed by atoms with van der Waals surface area (Å²) >= 11 is 2.34. The van der Waals surface area contributed by atoms with Gasteiger partial charge in [0.25, 0.3) is 0 Å². The zero-order valence-electron chi connectivity index (χ0n) is 12.8. The van der Waals surface area contributed by atoms with Gasteiger partial charge in [0, 0.05) is 40.0 Å². The van der Waals surface area contributed by atoms with Gasteiger partial charge in [0.2, 0.25) is 0 Å². The molecule has 0 saturated carbocycles. The van der Waals surface area contributed by atoms with E-state index in [2.05, 4.69) is 85.1 Å². The molecule has 4 heteroatoms. The van der Waals surface area contributed by atoms with Crippen molar-refractivity contribution in [2.24, 2.45) is 7.05 Å². The van der Waals surface area contributed by atoms with Crippen LogP contribution in [0.3, 0.4) is 0 Å². The number of anilines is 1. The number of nitrogens with zero attached hydrogens (tertiary/aromatic N) is 2. The fourth-order valence-electron chi connectivity index (χ4n) is 2.31. The molecular weight excluding hydrogens is 361 g/mol. The molecule has 0 amide bonds. The lowest BCUT2D eigenvalue weighted by molar-refractivity contribution is 0.549. The van der Waals surface area contributed by atoms with Crippen molar-refractivity contribution < 1.29 is 0 Å². The smallest absolute Gasteiger partial charge is 0.0727 e. The van der Waals surface area contributed by atoms with E-state index >= 15 is 0 Å². The summed E-state index contributed by atoms with van der Waals surface area (Å²) < 4.78 is 3.17. The van der Waals surface area contributed by atoms with Crippen LogP contribution in [-0.2, 0) is 19.0 Å². The highest BCUT2D eigenvalue weighted by Crippen LogP contribution is 2.25. The number of rotatable bonds is 3. The van der Waals surface area contributed by atoms with Gasteiger partial charge in [0.05, 0.1) is 5.69 Å². The summed E-state index contributed by atoms with van der Waals surface area (Å²) in [5.41, 5.74) is 4.96. The van der Waals surface area contributed by atoms with Crippen LogP contribution < -0.4 is 5.32 Å². The van der Waals surface area contributed by atoms with E-state index in [1.807, 2.05) is 11.7 Å². The summed E-state index contributed by atoms with van der Waals surface area (Å²) in [6.45, 7) is 9.55. The largest absolute Gasteiger partial charge is 0.381 e. The highest BCUT2D eigenvalue weighted by atomic mass is 127. The molecule has 2 rings (SSSR count). The molecular formula is C16H22IN3. The number of halogens is 1. The van der Waals surface area contributed by atoms with Crippen molar-refractivity contribution in [3.05, 3.63) is 44.8 Å². The molecule has 1 N–H and O–H groups in total. The maximum atomic E-state index is 4.61. The second-order valence-electron chi connectivity index (χ2n) is 6.24. The van der Waals surface area contributed by atoms with Gasteiger partial charge in [-0.1, -0.05) is 20.8 Å². The fourth-order valence-corrected chi connectivity index (χ4v) is 2.96. The Hall–Kier alpha value is -1.04. The standard InChI is InChI=1S/C16H22IN3/c1-11-8-13(17)6-7-14(11)18-9-12-10-20(5)19-15(12)16(2,3)4/h6-8,10,18H,9H2,1-5H3. The van der Waals surface area contributed by atoms with E-state index in [4.69, 9.17) is 0 Å². The molecule has 0 atom stereocenters. The minimum Gasteiger partial charge on any atom is -0.381 e. The molecule has 0 bridgehead atoms. The minimum absolute atomic E-state index is 0.0688. The molecule has 0 aliphatic carbocycles. The van der Waals surface area contributed by atoms with Crippen LogP contribution in [0.1, 0.15) is 37.6 Å². The number of aryl methyl sites for hydroxylation is 2. The van der Waals surface area contributed by atoms with Crippen molar-refractivity contribution in [2.75, 3.05) is 5.32 Å². The highest BCUT2D eigenvalue weighted by Gasteiger charge is 2.21. The number of nitrogens with one attached hydrogen (secondary N) is 1. The van der Waals surface area contributed by atoms with Gasteiger partial charge in [-0.15, -0.1) is 0 Å². The van der Waals surface area contributed by atoms with Crippen molar-refractivity contribution in [3.63, 3.8) is 0 Å². The summed E-state index contributed by atoms with van der Waals surface area (Å²) in [4.78, 5) is 0. The van der Waals surface area contributed by atoms with Crippen molar-refractivity contribution in [2.45, 2.75) is 39.7 Å². The molecule has 20 heavy (non-hydrogen) atoms. The van der Waals surface area contributed by atoms with Gasteiger partial charge in [0.15, 0.2) is 0 Å². The molecule has 0 unspecified atom stereocenters. The first-order valence-corrected chi connectivity index (χ1v) is 7.88. The molecule has 2 aromatic rings. The molecule has 1 aromatic carbocycles. The third kappa shape index (κ3) is 3.53. The molecule has 0 aliphatic heterocycles. The number of hydrogen-bond donors (Lipinski definition) is 1. The lowest BCUT2D eigenvalue weighted by Crippen LogP contribution is -2.16. The van der Waals surface area contributed by atoms with E-state index in [-0.39, 0.29) is 5.41 Å². The van der Waals surface area contributed by atoms with Gasteiger partial charge in [-0.2, -0.15) is 5.10 Å². The fraction of sp³-hybridized carbons (Fsp3) is 0.438. The van der Waals surface area contributed by atoms with Crippen LogP contribution in [0.4, 0.5) is 5.69 Å². The number of benzene rings is 1. The van der Waals surface area contributed by atoms with Crippen LogP contribution in [0.15, 0.2) is 24.4 Å². The van der Waals surface area contributed by atoms with Crippen LogP contribution >= 0.6 is 22.6 Å². The predicted molar refractivity (Wildman–Crippen MR) is 93.1 cm³/mol. The summed E-state index contributed by atoms with van der Waals surface area (Å²) in [6, 6.07) is 6.46. The topological polar surface area (TPSA) is 29.9 Å². The Morgan fingerprint density at radius 2 is 2.00 bits per heavy atom. The summed E-state index contributed by atoms with van der Waals surface area (Å²) in [7, 11) is 1.98. The first-order chi connectivity index (χ1) is 9.27. The van der Waals surface area contributed by atoms with Gasteiger partial charge >= 0.3 is 0 Å². The van der Waals surface area contributed by atoms with Crippen LogP contribution in [-0.4, -0.2) is 9.78 Å². The third-order valence-electron chi connectivity index (χ3n) is 3.27. The number of aromatic nitrogens is 2. The monoisotopic (exact) mass is 383 g/mol. The Balaban J connectivity index is 2.19. The quantitative estimate of drug-likeness (QED) is 0.804. The average molecular weight is 383 g/mol.